The van der Waals surface area contributed by atoms with E-state index in [1.165, 1.54) is 0 Å². The zero-order chi connectivity index (χ0) is 17.5. The molecule has 5 nitrogen and oxygen atoms in total. The predicted octanol–water partition coefficient (Wildman–Crippen LogP) is 4.35. The van der Waals surface area contributed by atoms with Gasteiger partial charge in [0.05, 0.1) is 31.0 Å². The van der Waals surface area contributed by atoms with E-state index >= 15 is 0 Å². The number of furan rings is 1. The van der Waals surface area contributed by atoms with Crippen LogP contribution in [0, 0.1) is 0 Å². The van der Waals surface area contributed by atoms with E-state index in [-0.39, 0.29) is 6.04 Å². The van der Waals surface area contributed by atoms with Gasteiger partial charge in [-0.1, -0.05) is 11.6 Å². The molecule has 2 rings (SSSR count). The number of methoxy groups -OCH3 is 2. The number of halogens is 1. The zero-order valence-corrected chi connectivity index (χ0v) is 15.5. The number of rotatable bonds is 7. The Morgan fingerprint density at radius 1 is 1.38 bits per heavy atom. The molecule has 0 unspecified atom stereocenters. The van der Waals surface area contributed by atoms with Gasteiger partial charge in [0.2, 0.25) is 0 Å². The van der Waals surface area contributed by atoms with Crippen LogP contribution in [0.2, 0.25) is 5.02 Å². The molecule has 0 aliphatic carbocycles. The third kappa shape index (κ3) is 4.63. The number of hydrogen-bond acceptors (Lipinski definition) is 4. The summed E-state index contributed by atoms with van der Waals surface area (Å²) in [6, 6.07) is 9.20. The fourth-order valence-corrected chi connectivity index (χ4v) is 2.91. The van der Waals surface area contributed by atoms with Crippen LogP contribution in [0.1, 0.15) is 18.7 Å². The molecule has 0 fully saturated rings. The number of benzene rings is 1. The van der Waals surface area contributed by atoms with Gasteiger partial charge in [0.25, 0.3) is 0 Å². The smallest absolute Gasteiger partial charge is 0.174 e. The molecule has 1 N–H and O–H groups in total. The standard InChI is InChI=1S/C17H21ClN2O3S/c1-12(15-5-4-9-23-15)20(8-10-21-2)17(24)19-13-6-7-16(22-3)14(18)11-13/h4-7,9,11-12H,8,10H2,1-3H3,(H,19,24)/t12-/m1/s1. The molecule has 0 spiro atoms. The molecule has 130 valence electrons. The van der Waals surface area contributed by atoms with Gasteiger partial charge in [-0.2, -0.15) is 0 Å². The van der Waals surface area contributed by atoms with Crippen molar-refractivity contribution in [1.82, 2.24) is 4.90 Å². The highest BCUT2D eigenvalue weighted by atomic mass is 35.5. The maximum atomic E-state index is 6.16. The van der Waals surface area contributed by atoms with Gasteiger partial charge in [0.15, 0.2) is 5.11 Å². The van der Waals surface area contributed by atoms with Gasteiger partial charge in [-0.25, -0.2) is 0 Å². The molecule has 1 aromatic carbocycles. The van der Waals surface area contributed by atoms with Crippen molar-refractivity contribution in [1.29, 1.82) is 0 Å². The summed E-state index contributed by atoms with van der Waals surface area (Å²) in [5, 5.41) is 4.29. The van der Waals surface area contributed by atoms with E-state index in [1.54, 1.807) is 32.6 Å². The quantitative estimate of drug-likeness (QED) is 0.733. The van der Waals surface area contributed by atoms with E-state index in [0.29, 0.717) is 29.0 Å². The second-order valence-electron chi connectivity index (χ2n) is 5.16. The maximum Gasteiger partial charge on any atom is 0.174 e. The minimum Gasteiger partial charge on any atom is -0.495 e. The molecule has 1 heterocycles. The molecule has 0 saturated carbocycles. The maximum absolute atomic E-state index is 6.16. The first-order valence-corrected chi connectivity index (χ1v) is 8.29. The van der Waals surface area contributed by atoms with Crippen molar-refractivity contribution in [3.63, 3.8) is 0 Å². The van der Waals surface area contributed by atoms with E-state index in [9.17, 15) is 0 Å². The lowest BCUT2D eigenvalue weighted by molar-refractivity contribution is 0.160. The molecule has 0 aliphatic rings. The van der Waals surface area contributed by atoms with Crippen LogP contribution in [0.25, 0.3) is 0 Å². The van der Waals surface area contributed by atoms with Crippen LogP contribution in [-0.4, -0.2) is 37.4 Å². The lowest BCUT2D eigenvalue weighted by atomic mass is 10.2. The van der Waals surface area contributed by atoms with E-state index < -0.39 is 0 Å². The molecule has 24 heavy (non-hydrogen) atoms. The second-order valence-corrected chi connectivity index (χ2v) is 5.95. The van der Waals surface area contributed by atoms with Crippen molar-refractivity contribution in [2.24, 2.45) is 0 Å². The Morgan fingerprint density at radius 2 is 2.17 bits per heavy atom. The second kappa shape index (κ2) is 8.92. The topological polar surface area (TPSA) is 46.9 Å². The summed E-state index contributed by atoms with van der Waals surface area (Å²) in [7, 11) is 3.24. The Morgan fingerprint density at radius 3 is 2.75 bits per heavy atom. The molecule has 1 atom stereocenters. The monoisotopic (exact) mass is 368 g/mol. The van der Waals surface area contributed by atoms with E-state index in [1.807, 2.05) is 30.0 Å². The minimum atomic E-state index is -0.0242. The highest BCUT2D eigenvalue weighted by Crippen LogP contribution is 2.28. The first-order valence-electron chi connectivity index (χ1n) is 7.50. The van der Waals surface area contributed by atoms with Gasteiger partial charge in [0, 0.05) is 19.3 Å². The number of ether oxygens (including phenoxy) is 2. The first kappa shape index (κ1) is 18.6. The number of anilines is 1. The highest BCUT2D eigenvalue weighted by Gasteiger charge is 2.21. The summed E-state index contributed by atoms with van der Waals surface area (Å²) in [4.78, 5) is 2.01. The summed E-state index contributed by atoms with van der Waals surface area (Å²) in [6.45, 7) is 3.22. The lowest BCUT2D eigenvalue weighted by Crippen LogP contribution is -2.39. The van der Waals surface area contributed by atoms with Crippen molar-refractivity contribution in [2.45, 2.75) is 13.0 Å². The summed E-state index contributed by atoms with van der Waals surface area (Å²) < 4.78 is 15.9. The fraction of sp³-hybridized carbons (Fsp3) is 0.353. The van der Waals surface area contributed by atoms with Crippen molar-refractivity contribution >= 4 is 34.6 Å². The minimum absolute atomic E-state index is 0.0242. The molecule has 0 aliphatic heterocycles. The molecular weight excluding hydrogens is 348 g/mol. The Labute approximate surface area is 152 Å². The van der Waals surface area contributed by atoms with Crippen LogP contribution in [-0.2, 0) is 4.74 Å². The van der Waals surface area contributed by atoms with E-state index in [2.05, 4.69) is 5.32 Å². The average molecular weight is 369 g/mol. The average Bonchev–Trinajstić information content (AvgIpc) is 3.09. The first-order chi connectivity index (χ1) is 11.6. The van der Waals surface area contributed by atoms with E-state index in [0.717, 1.165) is 11.4 Å². The van der Waals surface area contributed by atoms with Gasteiger partial charge in [-0.3, -0.25) is 0 Å². The summed E-state index contributed by atoms with van der Waals surface area (Å²) in [6.07, 6.45) is 1.65. The fourth-order valence-electron chi connectivity index (χ4n) is 2.28. The Balaban J connectivity index is 2.13. The molecular formula is C17H21ClN2O3S. The largest absolute Gasteiger partial charge is 0.495 e. The molecule has 1 aromatic heterocycles. The van der Waals surface area contributed by atoms with Gasteiger partial charge < -0.3 is 24.1 Å². The predicted molar refractivity (Wildman–Crippen MR) is 99.9 cm³/mol. The molecule has 0 bridgehead atoms. The summed E-state index contributed by atoms with van der Waals surface area (Å²) >= 11 is 11.7. The molecule has 0 amide bonds. The SMILES string of the molecule is COCCN(C(=S)Nc1ccc(OC)c(Cl)c1)[C@H](C)c1ccco1. The number of nitrogens with zero attached hydrogens (tertiary/aromatic N) is 1. The normalized spacial score (nSPS) is 11.8. The molecule has 0 saturated heterocycles. The third-order valence-electron chi connectivity index (χ3n) is 3.62. The Bertz CT molecular complexity index is 664. The van der Waals surface area contributed by atoms with Crippen LogP contribution >= 0.6 is 23.8 Å². The van der Waals surface area contributed by atoms with Crippen LogP contribution in [0.15, 0.2) is 41.0 Å². The van der Waals surface area contributed by atoms with Crippen molar-refractivity contribution < 1.29 is 13.9 Å². The zero-order valence-electron chi connectivity index (χ0n) is 13.9. The summed E-state index contributed by atoms with van der Waals surface area (Å²) in [5.41, 5.74) is 0.792. The molecule has 7 heteroatoms. The van der Waals surface area contributed by atoms with Crippen LogP contribution in [0.5, 0.6) is 5.75 Å². The van der Waals surface area contributed by atoms with Gasteiger partial charge in [-0.15, -0.1) is 0 Å². The summed E-state index contributed by atoms with van der Waals surface area (Å²) in [5.74, 6) is 1.45. The number of nitrogens with one attached hydrogen (secondary N) is 1. The molecule has 0 radical (unpaired) electrons. The van der Waals surface area contributed by atoms with Gasteiger partial charge >= 0.3 is 0 Å². The Hall–Kier alpha value is -1.76. The van der Waals surface area contributed by atoms with Gasteiger partial charge in [0.1, 0.15) is 11.5 Å². The van der Waals surface area contributed by atoms with E-state index in [4.69, 9.17) is 37.7 Å². The number of thiocarbonyl (C=S) groups is 1. The van der Waals surface area contributed by atoms with Crippen LogP contribution < -0.4 is 10.1 Å². The lowest BCUT2D eigenvalue weighted by Gasteiger charge is -2.30. The van der Waals surface area contributed by atoms with Crippen LogP contribution in [0.3, 0.4) is 0 Å². The third-order valence-corrected chi connectivity index (χ3v) is 4.25. The van der Waals surface area contributed by atoms with Crippen molar-refractivity contribution in [3.8, 4) is 5.75 Å². The number of hydrogen-bond donors (Lipinski definition) is 1. The van der Waals surface area contributed by atoms with Crippen molar-refractivity contribution in [3.05, 3.63) is 47.4 Å². The highest BCUT2D eigenvalue weighted by molar-refractivity contribution is 7.80. The van der Waals surface area contributed by atoms with Crippen LogP contribution in [0.4, 0.5) is 5.69 Å². The van der Waals surface area contributed by atoms with Gasteiger partial charge in [-0.05, 0) is 49.5 Å². The Kier molecular flexibility index (Phi) is 6.90. The van der Waals surface area contributed by atoms with Crippen molar-refractivity contribution in [2.75, 3.05) is 32.7 Å². The molecule has 2 aromatic rings.